The standard InChI is InChI=1S/C22H20N4.2F6P/c1-3-11-25(12-4-1)17-19-7-9-21(23-15-19)22-10-8-20(16-24-22)18-26-13-5-2-6-14-26;2*1-7(2,3,4,5)6/h1-16H,17-18H2;;/q+2;2*-1. The van der Waals surface area contributed by atoms with Gasteiger partial charge in [-0.3, -0.25) is 9.97 Å². The molecule has 0 aliphatic heterocycles. The molecule has 0 atom stereocenters. The van der Waals surface area contributed by atoms with E-state index in [1.807, 2.05) is 60.9 Å². The second-order valence-electron chi connectivity index (χ2n) is 8.12. The summed E-state index contributed by atoms with van der Waals surface area (Å²) < 4.78 is 123. The van der Waals surface area contributed by atoms with E-state index >= 15 is 0 Å². The van der Waals surface area contributed by atoms with Gasteiger partial charge in [0.05, 0.1) is 11.4 Å². The van der Waals surface area contributed by atoms with Crippen LogP contribution in [-0.4, -0.2) is 9.97 Å². The fourth-order valence-electron chi connectivity index (χ4n) is 2.84. The molecule has 0 spiro atoms. The number of hydrogen-bond donors (Lipinski definition) is 0. The van der Waals surface area contributed by atoms with Crippen molar-refractivity contribution in [3.63, 3.8) is 0 Å². The topological polar surface area (TPSA) is 33.5 Å². The maximum absolute atomic E-state index is 10.7. The van der Waals surface area contributed by atoms with Crippen LogP contribution in [0.2, 0.25) is 0 Å². The van der Waals surface area contributed by atoms with Gasteiger partial charge in [-0.2, -0.15) is 0 Å². The molecule has 4 rings (SSSR count). The second kappa shape index (κ2) is 10.2. The number of rotatable bonds is 5. The number of aromatic nitrogens is 4. The van der Waals surface area contributed by atoms with Gasteiger partial charge in [0.2, 0.25) is 0 Å². The van der Waals surface area contributed by atoms with Crippen LogP contribution in [-0.2, 0) is 13.1 Å². The first-order valence-corrected chi connectivity index (χ1v) is 14.7. The van der Waals surface area contributed by atoms with Crippen molar-refractivity contribution in [2.24, 2.45) is 0 Å². The molecule has 0 aliphatic rings. The first-order chi connectivity index (χ1) is 17.8. The van der Waals surface area contributed by atoms with Gasteiger partial charge in [0.25, 0.3) is 0 Å². The summed E-state index contributed by atoms with van der Waals surface area (Å²) in [5.74, 6) is 0. The van der Waals surface area contributed by atoms with Gasteiger partial charge in [0.15, 0.2) is 37.9 Å². The molecule has 18 heteroatoms. The molecular formula is C22H20F12N4P2. The quantitative estimate of drug-likeness (QED) is 0.125. The van der Waals surface area contributed by atoms with E-state index in [1.165, 1.54) is 11.1 Å². The van der Waals surface area contributed by atoms with Gasteiger partial charge in [0.1, 0.15) is 0 Å². The molecule has 0 bridgehead atoms. The Morgan fingerprint density at radius 3 is 0.950 bits per heavy atom. The van der Waals surface area contributed by atoms with Gasteiger partial charge in [-0.05, 0) is 24.3 Å². The maximum Gasteiger partial charge on any atom is 0.175 e. The number of nitrogens with zero attached hydrogens (tertiary/aromatic N) is 4. The molecule has 4 heterocycles. The zero-order chi connectivity index (χ0) is 30.4. The molecule has 0 amide bonds. The van der Waals surface area contributed by atoms with Crippen LogP contribution in [0.3, 0.4) is 0 Å². The third-order valence-electron chi connectivity index (χ3n) is 4.20. The predicted molar refractivity (Wildman–Crippen MR) is 126 cm³/mol. The van der Waals surface area contributed by atoms with Crippen LogP contribution in [0.4, 0.5) is 50.4 Å². The Balaban J connectivity index is 0.000000333. The van der Waals surface area contributed by atoms with Crippen LogP contribution in [0.5, 0.6) is 0 Å². The minimum atomic E-state index is -10.7. The molecule has 4 aromatic heterocycles. The van der Waals surface area contributed by atoms with Crippen molar-refractivity contribution in [2.45, 2.75) is 13.1 Å². The van der Waals surface area contributed by atoms with Crippen LogP contribution in [0, 0.1) is 0 Å². The van der Waals surface area contributed by atoms with E-state index in [1.54, 1.807) is 0 Å². The van der Waals surface area contributed by atoms with E-state index in [2.05, 4.69) is 56.0 Å². The SMILES string of the molecule is F[P-](F)(F)(F)(F)F.F[P-](F)(F)(F)(F)F.c1cc[n+](Cc2ccc(-c3ccc(C[n+]4ccccc4)cn3)nc2)cc1. The van der Waals surface area contributed by atoms with E-state index in [0.717, 1.165) is 24.5 Å². The van der Waals surface area contributed by atoms with E-state index in [9.17, 15) is 50.4 Å². The van der Waals surface area contributed by atoms with Gasteiger partial charge >= 0.3 is 66.0 Å². The molecular weight excluding hydrogens is 610 g/mol. The number of pyridine rings is 4. The summed E-state index contributed by atoms with van der Waals surface area (Å²) in [7, 11) is -21.3. The number of hydrogen-bond acceptors (Lipinski definition) is 2. The minimum Gasteiger partial charge on any atom is -0.254 e. The molecule has 40 heavy (non-hydrogen) atoms. The van der Waals surface area contributed by atoms with Gasteiger partial charge in [-0.15, -0.1) is 0 Å². The Kier molecular flexibility index (Phi) is 8.39. The van der Waals surface area contributed by atoms with E-state index in [0.29, 0.717) is 0 Å². The summed E-state index contributed by atoms with van der Waals surface area (Å²) in [6, 6.07) is 20.4. The molecule has 0 unspecified atom stereocenters. The zero-order valence-corrected chi connectivity index (χ0v) is 21.7. The summed E-state index contributed by atoms with van der Waals surface area (Å²) in [6.45, 7) is 1.63. The molecule has 0 aromatic carbocycles. The van der Waals surface area contributed by atoms with Crippen molar-refractivity contribution in [1.29, 1.82) is 0 Å². The Morgan fingerprint density at radius 2 is 0.725 bits per heavy atom. The van der Waals surface area contributed by atoms with Crippen LogP contribution in [0.25, 0.3) is 11.4 Å². The molecule has 0 N–H and O–H groups in total. The molecule has 0 radical (unpaired) electrons. The minimum absolute atomic E-state index is 0.814. The predicted octanol–water partition coefficient (Wildman–Crippen LogP) is 9.58. The Labute approximate surface area is 219 Å². The van der Waals surface area contributed by atoms with Crippen LogP contribution in [0.15, 0.2) is 97.8 Å². The maximum atomic E-state index is 9.87. The molecule has 222 valence electrons. The van der Waals surface area contributed by atoms with Gasteiger partial charge in [-0.1, -0.05) is 12.1 Å². The van der Waals surface area contributed by atoms with Gasteiger partial charge in [0, 0.05) is 47.8 Å². The Hall–Kier alpha value is -3.38. The average Bonchev–Trinajstić information content (AvgIpc) is 2.78. The fraction of sp³-hybridized carbons (Fsp3) is 0.0909. The normalized spacial score (nSPS) is 15.0. The summed E-state index contributed by atoms with van der Waals surface area (Å²) in [5.41, 5.74) is 4.13. The monoisotopic (exact) mass is 630 g/mol. The average molecular weight is 630 g/mol. The molecule has 0 saturated heterocycles. The van der Waals surface area contributed by atoms with Crippen molar-refractivity contribution in [3.05, 3.63) is 109 Å². The Bertz CT molecular complexity index is 1250. The van der Waals surface area contributed by atoms with E-state index < -0.39 is 15.6 Å². The molecule has 0 aliphatic carbocycles. The summed E-state index contributed by atoms with van der Waals surface area (Å²) >= 11 is 0. The Morgan fingerprint density at radius 1 is 0.450 bits per heavy atom. The second-order valence-corrected chi connectivity index (χ2v) is 11.9. The van der Waals surface area contributed by atoms with E-state index in [-0.39, 0.29) is 0 Å². The third-order valence-corrected chi connectivity index (χ3v) is 4.20. The zero-order valence-electron chi connectivity index (χ0n) is 19.9. The summed E-state index contributed by atoms with van der Waals surface area (Å²) in [6.07, 6.45) is 12.1. The molecule has 4 aromatic rings. The first-order valence-electron chi connectivity index (χ1n) is 10.7. The molecule has 4 nitrogen and oxygen atoms in total. The first kappa shape index (κ1) is 32.8. The molecule has 0 fully saturated rings. The fourth-order valence-corrected chi connectivity index (χ4v) is 2.84. The largest absolute Gasteiger partial charge is 0.254 e. The van der Waals surface area contributed by atoms with Crippen molar-refractivity contribution in [1.82, 2.24) is 9.97 Å². The molecule has 0 saturated carbocycles. The van der Waals surface area contributed by atoms with Crippen LogP contribution in [0.1, 0.15) is 11.1 Å². The van der Waals surface area contributed by atoms with Crippen molar-refractivity contribution in [3.8, 4) is 11.4 Å². The smallest absolute Gasteiger partial charge is 0.175 e. The van der Waals surface area contributed by atoms with Crippen LogP contribution < -0.4 is 9.13 Å². The van der Waals surface area contributed by atoms with Crippen molar-refractivity contribution < 1.29 is 59.5 Å². The van der Waals surface area contributed by atoms with Gasteiger partial charge in [-0.25, -0.2) is 9.13 Å². The van der Waals surface area contributed by atoms with Crippen molar-refractivity contribution >= 4 is 15.6 Å². The summed E-state index contributed by atoms with van der Waals surface area (Å²) in [4.78, 5) is 9.16. The van der Waals surface area contributed by atoms with E-state index in [4.69, 9.17) is 0 Å². The van der Waals surface area contributed by atoms with Crippen molar-refractivity contribution in [2.75, 3.05) is 0 Å². The number of halogens is 12. The third kappa shape index (κ3) is 19.7. The van der Waals surface area contributed by atoms with Gasteiger partial charge < -0.3 is 0 Å². The summed E-state index contributed by atoms with van der Waals surface area (Å²) in [5, 5.41) is 0. The van der Waals surface area contributed by atoms with Crippen LogP contribution >= 0.6 is 15.6 Å².